The van der Waals surface area contributed by atoms with E-state index in [9.17, 15) is 4.79 Å². The molecule has 0 aliphatic heterocycles. The molecule has 0 aliphatic rings. The highest BCUT2D eigenvalue weighted by atomic mass is 32.1. The van der Waals surface area contributed by atoms with E-state index in [-0.39, 0.29) is 5.91 Å². The number of aromatic nitrogens is 4. The summed E-state index contributed by atoms with van der Waals surface area (Å²) in [6.45, 7) is 3.11. The van der Waals surface area contributed by atoms with Crippen LogP contribution in [0, 0.1) is 6.92 Å². The van der Waals surface area contributed by atoms with Crippen molar-refractivity contribution in [3.63, 3.8) is 0 Å². The summed E-state index contributed by atoms with van der Waals surface area (Å²) in [7, 11) is 1.60. The summed E-state index contributed by atoms with van der Waals surface area (Å²) in [5.41, 5.74) is 2.30. The summed E-state index contributed by atoms with van der Waals surface area (Å²) in [5, 5.41) is 16.3. The van der Waals surface area contributed by atoms with Gasteiger partial charge >= 0.3 is 0 Å². The molecule has 1 amide bonds. The summed E-state index contributed by atoms with van der Waals surface area (Å²) in [6, 6.07) is 10.3. The first-order chi connectivity index (χ1) is 15.2. The Morgan fingerprint density at radius 3 is 2.77 bits per heavy atom. The zero-order valence-electron chi connectivity index (χ0n) is 17.2. The van der Waals surface area contributed by atoms with Gasteiger partial charge in [-0.1, -0.05) is 41.7 Å². The Labute approximate surface area is 187 Å². The number of fused-ring (bicyclic) bond motifs is 1. The van der Waals surface area contributed by atoms with Gasteiger partial charge in [0.25, 0.3) is 0 Å². The van der Waals surface area contributed by atoms with Crippen LogP contribution in [-0.4, -0.2) is 39.7 Å². The number of methoxy groups -OCH3 is 1. The average molecular weight is 455 g/mol. The van der Waals surface area contributed by atoms with E-state index in [1.54, 1.807) is 24.8 Å². The number of ether oxygens (including phenoxy) is 1. The van der Waals surface area contributed by atoms with E-state index in [1.165, 1.54) is 16.2 Å². The van der Waals surface area contributed by atoms with Crippen LogP contribution in [0.2, 0.25) is 0 Å². The number of carbonyl (C=O) groups is 1. The predicted molar refractivity (Wildman–Crippen MR) is 125 cm³/mol. The molecule has 0 fully saturated rings. The van der Waals surface area contributed by atoms with Crippen molar-refractivity contribution in [1.29, 1.82) is 0 Å². The highest BCUT2D eigenvalue weighted by Gasteiger charge is 2.16. The maximum Gasteiger partial charge on any atom is 0.226 e. The van der Waals surface area contributed by atoms with Gasteiger partial charge in [-0.15, -0.1) is 21.5 Å². The Morgan fingerprint density at radius 2 is 1.97 bits per heavy atom. The predicted octanol–water partition coefficient (Wildman–Crippen LogP) is 4.50. The highest BCUT2D eigenvalue weighted by Crippen LogP contribution is 2.40. The van der Waals surface area contributed by atoms with Gasteiger partial charge in [0, 0.05) is 30.5 Å². The number of rotatable bonds is 9. The van der Waals surface area contributed by atoms with Gasteiger partial charge in [0.05, 0.1) is 5.39 Å². The van der Waals surface area contributed by atoms with Crippen LogP contribution in [0.15, 0.2) is 36.7 Å². The standard InChI is InChI=1S/C21H22N6O2S2/c1-13-17(14-7-4-3-5-8-14)18-19(23-12-24-20(18)30-13)22-10-6-9-15(28)25-21-27-26-16(31-21)11-29-2/h3-5,7-8,12H,6,9-11H2,1-2H3,(H,22,23,24)(H,25,27,28). The number of amides is 1. The molecule has 0 saturated heterocycles. The molecule has 160 valence electrons. The summed E-state index contributed by atoms with van der Waals surface area (Å²) in [5.74, 6) is 0.702. The van der Waals surface area contributed by atoms with Crippen LogP contribution in [0.1, 0.15) is 22.7 Å². The zero-order chi connectivity index (χ0) is 21.6. The lowest BCUT2D eigenvalue weighted by Gasteiger charge is -2.09. The Bertz CT molecular complexity index is 1180. The number of hydrogen-bond donors (Lipinski definition) is 2. The molecular formula is C21H22N6O2S2. The third kappa shape index (κ3) is 5.04. The van der Waals surface area contributed by atoms with Gasteiger partial charge in [-0.3, -0.25) is 4.79 Å². The van der Waals surface area contributed by atoms with Crippen molar-refractivity contribution < 1.29 is 9.53 Å². The lowest BCUT2D eigenvalue weighted by molar-refractivity contribution is -0.116. The largest absolute Gasteiger partial charge is 0.377 e. The molecule has 4 aromatic rings. The number of anilines is 2. The molecule has 0 aliphatic carbocycles. The van der Waals surface area contributed by atoms with Crippen molar-refractivity contribution >= 4 is 49.7 Å². The fourth-order valence-corrected chi connectivity index (χ4v) is 4.99. The fraction of sp³-hybridized carbons (Fsp3) is 0.286. The second kappa shape index (κ2) is 9.90. The number of aryl methyl sites for hydroxylation is 1. The molecule has 3 aromatic heterocycles. The van der Waals surface area contributed by atoms with Crippen LogP contribution in [0.5, 0.6) is 0 Å². The number of carbonyl (C=O) groups excluding carboxylic acids is 1. The van der Waals surface area contributed by atoms with Crippen molar-refractivity contribution in [3.05, 3.63) is 46.5 Å². The minimum Gasteiger partial charge on any atom is -0.377 e. The third-order valence-corrected chi connectivity index (χ3v) is 6.41. The SMILES string of the molecule is COCc1nnc(NC(=O)CCCNc2ncnc3sc(C)c(-c4ccccc4)c23)s1. The van der Waals surface area contributed by atoms with Gasteiger partial charge in [-0.05, 0) is 18.9 Å². The van der Waals surface area contributed by atoms with E-state index in [2.05, 4.69) is 49.9 Å². The summed E-state index contributed by atoms with van der Waals surface area (Å²) in [4.78, 5) is 23.3. The molecule has 0 radical (unpaired) electrons. The molecule has 0 spiro atoms. The summed E-state index contributed by atoms with van der Waals surface area (Å²) >= 11 is 2.98. The van der Waals surface area contributed by atoms with Crippen molar-refractivity contribution in [2.75, 3.05) is 24.3 Å². The van der Waals surface area contributed by atoms with Gasteiger partial charge in [0.1, 0.15) is 28.6 Å². The van der Waals surface area contributed by atoms with Crippen LogP contribution >= 0.6 is 22.7 Å². The van der Waals surface area contributed by atoms with Gasteiger partial charge in [0.2, 0.25) is 11.0 Å². The average Bonchev–Trinajstić information content (AvgIpc) is 3.35. The van der Waals surface area contributed by atoms with Gasteiger partial charge in [-0.2, -0.15) is 0 Å². The van der Waals surface area contributed by atoms with Gasteiger partial charge in [-0.25, -0.2) is 9.97 Å². The lowest BCUT2D eigenvalue weighted by atomic mass is 10.0. The Kier molecular flexibility index (Phi) is 6.80. The summed E-state index contributed by atoms with van der Waals surface area (Å²) in [6.07, 6.45) is 2.61. The first kappa shape index (κ1) is 21.3. The molecule has 3 heterocycles. The molecule has 0 unspecified atom stereocenters. The van der Waals surface area contributed by atoms with Gasteiger partial charge in [0.15, 0.2) is 0 Å². The molecular weight excluding hydrogens is 432 g/mol. The Balaban J connectivity index is 1.38. The third-order valence-electron chi connectivity index (χ3n) is 4.58. The van der Waals surface area contributed by atoms with Crippen LogP contribution in [0.4, 0.5) is 10.9 Å². The van der Waals surface area contributed by atoms with E-state index in [0.717, 1.165) is 32.2 Å². The quantitative estimate of drug-likeness (QED) is 0.359. The first-order valence-electron chi connectivity index (χ1n) is 9.80. The van der Waals surface area contributed by atoms with E-state index in [1.807, 2.05) is 18.2 Å². The smallest absolute Gasteiger partial charge is 0.226 e. The maximum absolute atomic E-state index is 12.2. The van der Waals surface area contributed by atoms with Crippen molar-refractivity contribution in [2.45, 2.75) is 26.4 Å². The van der Waals surface area contributed by atoms with E-state index < -0.39 is 0 Å². The lowest BCUT2D eigenvalue weighted by Crippen LogP contribution is -2.13. The zero-order valence-corrected chi connectivity index (χ0v) is 18.8. The number of nitrogens with zero attached hydrogens (tertiary/aromatic N) is 4. The minimum absolute atomic E-state index is 0.0916. The van der Waals surface area contributed by atoms with Crippen LogP contribution in [0.25, 0.3) is 21.3 Å². The van der Waals surface area contributed by atoms with Crippen molar-refractivity contribution in [2.24, 2.45) is 0 Å². The molecule has 0 saturated carbocycles. The molecule has 0 bridgehead atoms. The van der Waals surface area contributed by atoms with Gasteiger partial charge < -0.3 is 15.4 Å². The highest BCUT2D eigenvalue weighted by molar-refractivity contribution is 7.19. The normalized spacial score (nSPS) is 11.0. The van der Waals surface area contributed by atoms with E-state index in [0.29, 0.717) is 31.1 Å². The second-order valence-corrected chi connectivity index (χ2v) is 9.08. The second-order valence-electron chi connectivity index (χ2n) is 6.81. The Morgan fingerprint density at radius 1 is 1.13 bits per heavy atom. The van der Waals surface area contributed by atoms with Crippen LogP contribution < -0.4 is 10.6 Å². The fourth-order valence-electron chi connectivity index (χ4n) is 3.25. The van der Waals surface area contributed by atoms with Crippen molar-refractivity contribution in [1.82, 2.24) is 20.2 Å². The topological polar surface area (TPSA) is 102 Å². The minimum atomic E-state index is -0.0916. The number of hydrogen-bond acceptors (Lipinski definition) is 9. The molecule has 4 rings (SSSR count). The molecule has 31 heavy (non-hydrogen) atoms. The molecule has 2 N–H and O–H groups in total. The molecule has 10 heteroatoms. The number of benzene rings is 1. The van der Waals surface area contributed by atoms with Crippen molar-refractivity contribution in [3.8, 4) is 11.1 Å². The maximum atomic E-state index is 12.2. The molecule has 0 atom stereocenters. The number of nitrogens with one attached hydrogen (secondary N) is 2. The summed E-state index contributed by atoms with van der Waals surface area (Å²) < 4.78 is 5.01. The van der Waals surface area contributed by atoms with Crippen LogP contribution in [-0.2, 0) is 16.1 Å². The van der Waals surface area contributed by atoms with E-state index in [4.69, 9.17) is 4.74 Å². The first-order valence-corrected chi connectivity index (χ1v) is 11.4. The molecule has 1 aromatic carbocycles. The van der Waals surface area contributed by atoms with Crippen LogP contribution in [0.3, 0.4) is 0 Å². The van der Waals surface area contributed by atoms with E-state index >= 15 is 0 Å². The Hall–Kier alpha value is -2.95. The molecule has 8 nitrogen and oxygen atoms in total. The monoisotopic (exact) mass is 454 g/mol. The number of thiophene rings is 1.